The van der Waals surface area contributed by atoms with Crippen molar-refractivity contribution in [3.8, 4) is 0 Å². The minimum atomic E-state index is -1.20. The van der Waals surface area contributed by atoms with Crippen LogP contribution in [0.3, 0.4) is 0 Å². The van der Waals surface area contributed by atoms with Gasteiger partial charge in [0.1, 0.15) is 10.8 Å². The number of amides is 2. The second-order valence-electron chi connectivity index (χ2n) is 11.9. The molecule has 0 unspecified atom stereocenters. The van der Waals surface area contributed by atoms with Gasteiger partial charge in [-0.25, -0.2) is 0 Å². The average Bonchev–Trinajstić information content (AvgIpc) is 3.18. The number of rotatable bonds is 2. The Hall–Kier alpha value is -4.76. The summed E-state index contributed by atoms with van der Waals surface area (Å²) in [5.41, 5.74) is 4.95. The number of allylic oxidation sites excluding steroid dienone is 1. The van der Waals surface area contributed by atoms with E-state index in [9.17, 15) is 0 Å². The molecule has 10 rings (SSSR count). The molecule has 0 N–H and O–H groups in total. The molecular formula is C38H27NO2. The molecule has 0 saturated carbocycles. The third kappa shape index (κ3) is 2.44. The van der Waals surface area contributed by atoms with Crippen molar-refractivity contribution in [2.75, 3.05) is 0 Å². The van der Waals surface area contributed by atoms with Gasteiger partial charge >= 0.3 is 0 Å². The Labute approximate surface area is 238 Å². The Morgan fingerprint density at radius 1 is 0.634 bits per heavy atom. The summed E-state index contributed by atoms with van der Waals surface area (Å²) in [6.07, 6.45) is 4.33. The lowest BCUT2D eigenvalue weighted by molar-refractivity contribution is -0.142. The fraction of sp³-hybridized carbons (Fsp3) is 0.158. The average molecular weight is 530 g/mol. The topological polar surface area (TPSA) is 37.4 Å². The van der Waals surface area contributed by atoms with Crippen LogP contribution in [0.25, 0.3) is 10.8 Å². The summed E-state index contributed by atoms with van der Waals surface area (Å²) < 4.78 is 0. The summed E-state index contributed by atoms with van der Waals surface area (Å²) in [6, 6.07) is 39.0. The van der Waals surface area contributed by atoms with Crippen LogP contribution in [0.4, 0.5) is 0 Å². The molecule has 3 nitrogen and oxygen atoms in total. The zero-order valence-electron chi connectivity index (χ0n) is 22.6. The molecule has 3 atom stereocenters. The molecule has 196 valence electrons. The number of benzene rings is 5. The van der Waals surface area contributed by atoms with Gasteiger partial charge in [-0.15, -0.1) is 0 Å². The molecule has 1 fully saturated rings. The quantitative estimate of drug-likeness (QED) is 0.178. The van der Waals surface area contributed by atoms with Gasteiger partial charge in [-0.2, -0.15) is 0 Å². The smallest absolute Gasteiger partial charge is 0.246 e. The minimum Gasteiger partial charge on any atom is -0.273 e. The second kappa shape index (κ2) is 7.70. The van der Waals surface area contributed by atoms with E-state index < -0.39 is 16.9 Å². The Morgan fingerprint density at radius 3 is 1.95 bits per heavy atom. The SMILES string of the molecule is C[C@@H](c1cccc2ccccc12)N1C(=O)C23c4ccccc4C(c4ccccc42)[C@@H]2C=C[C@@]3(C1=O)c1ccccc12. The molecule has 0 aromatic heterocycles. The number of fused-ring (bicyclic) bond motifs is 1. The molecule has 5 aromatic rings. The van der Waals surface area contributed by atoms with Gasteiger partial charge in [0.25, 0.3) is 0 Å². The Morgan fingerprint density at radius 2 is 1.22 bits per heavy atom. The van der Waals surface area contributed by atoms with Crippen LogP contribution in [0.15, 0.2) is 127 Å². The van der Waals surface area contributed by atoms with E-state index in [-0.39, 0.29) is 23.7 Å². The highest BCUT2D eigenvalue weighted by molar-refractivity contribution is 6.20. The fourth-order valence-electron chi connectivity index (χ4n) is 8.86. The molecule has 1 saturated heterocycles. The third-order valence-corrected chi connectivity index (χ3v) is 10.4. The van der Waals surface area contributed by atoms with Crippen molar-refractivity contribution in [2.24, 2.45) is 0 Å². The Balaban J connectivity index is 1.42. The molecule has 0 radical (unpaired) electrons. The van der Waals surface area contributed by atoms with Crippen LogP contribution in [0.1, 0.15) is 63.7 Å². The number of nitrogens with zero attached hydrogens (tertiary/aromatic N) is 1. The van der Waals surface area contributed by atoms with E-state index in [4.69, 9.17) is 0 Å². The maximum absolute atomic E-state index is 15.5. The molecule has 4 bridgehead atoms. The summed E-state index contributed by atoms with van der Waals surface area (Å²) in [5, 5.41) is 2.16. The predicted octanol–water partition coefficient (Wildman–Crippen LogP) is 7.31. The van der Waals surface area contributed by atoms with Crippen molar-refractivity contribution in [3.05, 3.63) is 166 Å². The van der Waals surface area contributed by atoms with Crippen LogP contribution in [-0.4, -0.2) is 16.7 Å². The van der Waals surface area contributed by atoms with Gasteiger partial charge in [0.2, 0.25) is 11.8 Å². The van der Waals surface area contributed by atoms with Crippen LogP contribution in [0.2, 0.25) is 0 Å². The summed E-state index contributed by atoms with van der Waals surface area (Å²) in [5.74, 6) is -0.142. The molecule has 5 aromatic carbocycles. The van der Waals surface area contributed by atoms with E-state index in [1.807, 2.05) is 43.3 Å². The van der Waals surface area contributed by atoms with Crippen molar-refractivity contribution in [1.29, 1.82) is 0 Å². The monoisotopic (exact) mass is 529 g/mol. The first-order valence-electron chi connectivity index (χ1n) is 14.4. The summed E-state index contributed by atoms with van der Waals surface area (Å²) in [6.45, 7) is 2.01. The van der Waals surface area contributed by atoms with E-state index in [0.29, 0.717) is 0 Å². The Bertz CT molecular complexity index is 1950. The zero-order chi connectivity index (χ0) is 27.5. The third-order valence-electron chi connectivity index (χ3n) is 10.4. The van der Waals surface area contributed by atoms with Gasteiger partial charge in [0.05, 0.1) is 6.04 Å². The van der Waals surface area contributed by atoms with Crippen LogP contribution < -0.4 is 0 Å². The second-order valence-corrected chi connectivity index (χ2v) is 11.9. The van der Waals surface area contributed by atoms with Crippen LogP contribution in [-0.2, 0) is 20.4 Å². The lowest BCUT2D eigenvalue weighted by Crippen LogP contribution is -2.57. The predicted molar refractivity (Wildman–Crippen MR) is 160 cm³/mol. The van der Waals surface area contributed by atoms with Crippen LogP contribution >= 0.6 is 0 Å². The van der Waals surface area contributed by atoms with E-state index in [1.165, 1.54) is 0 Å². The largest absolute Gasteiger partial charge is 0.273 e. The number of imide groups is 1. The molecule has 1 aliphatic heterocycles. The van der Waals surface area contributed by atoms with Gasteiger partial charge in [0, 0.05) is 11.8 Å². The van der Waals surface area contributed by atoms with Crippen LogP contribution in [0.5, 0.6) is 0 Å². The fourth-order valence-corrected chi connectivity index (χ4v) is 8.86. The normalized spacial score (nSPS) is 27.2. The molecule has 1 heterocycles. The van der Waals surface area contributed by atoms with Gasteiger partial charge in [-0.05, 0) is 56.6 Å². The standard InChI is InChI=1S/C38H27NO2/c1-23(25-17-10-12-24-11-2-3-13-26(24)25)39-35(40)37-22-21-28(27-14-4-7-18-31(27)37)34-29-15-5-8-19-32(29)38(37,36(39)41)33-20-9-6-16-30(33)34/h2-23,28,34H,1H3/t23-,28+,34?,37-,38?/m0/s1. The highest BCUT2D eigenvalue weighted by Crippen LogP contribution is 2.68. The molecular weight excluding hydrogens is 502 g/mol. The van der Waals surface area contributed by atoms with Gasteiger partial charge in [-0.3, -0.25) is 14.5 Å². The van der Waals surface area contributed by atoms with E-state index >= 15 is 9.59 Å². The highest BCUT2D eigenvalue weighted by atomic mass is 16.2. The number of likely N-dealkylation sites (tertiary alicyclic amines) is 1. The van der Waals surface area contributed by atoms with Crippen molar-refractivity contribution >= 4 is 22.6 Å². The van der Waals surface area contributed by atoms with E-state index in [1.54, 1.807) is 4.90 Å². The number of hydrogen-bond donors (Lipinski definition) is 0. The van der Waals surface area contributed by atoms with Gasteiger partial charge in [-0.1, -0.05) is 127 Å². The van der Waals surface area contributed by atoms with Gasteiger partial charge < -0.3 is 0 Å². The lowest BCUT2D eigenvalue weighted by Gasteiger charge is -2.53. The molecule has 3 heteroatoms. The zero-order valence-corrected chi connectivity index (χ0v) is 22.6. The molecule has 2 amide bonds. The summed E-state index contributed by atoms with van der Waals surface area (Å²) >= 11 is 0. The first-order valence-corrected chi connectivity index (χ1v) is 14.4. The maximum atomic E-state index is 15.5. The summed E-state index contributed by atoms with van der Waals surface area (Å²) in [4.78, 5) is 32.5. The Kier molecular flexibility index (Phi) is 4.32. The maximum Gasteiger partial charge on any atom is 0.246 e. The lowest BCUT2D eigenvalue weighted by atomic mass is 9.45. The number of hydrogen-bond acceptors (Lipinski definition) is 2. The number of carbonyl (C=O) groups excluding carboxylic acids is 2. The number of carbonyl (C=O) groups is 2. The van der Waals surface area contributed by atoms with Gasteiger partial charge in [0.15, 0.2) is 0 Å². The summed E-state index contributed by atoms with van der Waals surface area (Å²) in [7, 11) is 0. The van der Waals surface area contributed by atoms with Crippen molar-refractivity contribution in [1.82, 2.24) is 4.90 Å². The minimum absolute atomic E-state index is 0.0659. The first kappa shape index (κ1) is 23.0. The van der Waals surface area contributed by atoms with Crippen molar-refractivity contribution < 1.29 is 9.59 Å². The van der Waals surface area contributed by atoms with Crippen molar-refractivity contribution in [3.63, 3.8) is 0 Å². The molecule has 41 heavy (non-hydrogen) atoms. The van der Waals surface area contributed by atoms with Crippen molar-refractivity contribution in [2.45, 2.75) is 35.6 Å². The van der Waals surface area contributed by atoms with Crippen LogP contribution in [0, 0.1) is 0 Å². The molecule has 2 spiro atoms. The molecule has 5 aliphatic rings. The highest BCUT2D eigenvalue weighted by Gasteiger charge is 2.75. The molecule has 4 aliphatic carbocycles. The first-order chi connectivity index (χ1) is 20.1. The van der Waals surface area contributed by atoms with E-state index in [0.717, 1.165) is 49.7 Å². The van der Waals surface area contributed by atoms with E-state index in [2.05, 4.69) is 91.0 Å².